The van der Waals surface area contributed by atoms with Gasteiger partial charge in [0.2, 0.25) is 0 Å². The summed E-state index contributed by atoms with van der Waals surface area (Å²) in [5.41, 5.74) is 1.58. The molecular formula is C18H27NO4. The highest BCUT2D eigenvalue weighted by Gasteiger charge is 2.33. The van der Waals surface area contributed by atoms with Crippen LogP contribution in [0.4, 0.5) is 5.69 Å². The van der Waals surface area contributed by atoms with E-state index in [1.54, 1.807) is 0 Å². The Morgan fingerprint density at radius 3 is 2.65 bits per heavy atom. The lowest BCUT2D eigenvalue weighted by Gasteiger charge is -2.37. The number of carbonyl (C=O) groups is 1. The second kappa shape index (κ2) is 6.89. The summed E-state index contributed by atoms with van der Waals surface area (Å²) in [7, 11) is 0. The van der Waals surface area contributed by atoms with Crippen LogP contribution in [0.1, 0.15) is 33.3 Å². The van der Waals surface area contributed by atoms with Crippen molar-refractivity contribution in [1.82, 2.24) is 0 Å². The zero-order chi connectivity index (χ0) is 17.1. The van der Waals surface area contributed by atoms with E-state index in [4.69, 9.17) is 9.47 Å². The first-order chi connectivity index (χ1) is 10.7. The molecule has 0 saturated carbocycles. The van der Waals surface area contributed by atoms with Crippen LogP contribution in [0, 0.1) is 10.8 Å². The van der Waals surface area contributed by atoms with E-state index in [9.17, 15) is 9.90 Å². The fraction of sp³-hybridized carbons (Fsp3) is 0.611. The van der Waals surface area contributed by atoms with Gasteiger partial charge in [0.15, 0.2) is 0 Å². The number of hydrogen-bond donors (Lipinski definition) is 2. The SMILES string of the molecule is CC1(COCc2cccc(NC(C(=O)O)C(C)(C)C)c2)COC1. The molecule has 1 aliphatic heterocycles. The molecule has 1 unspecified atom stereocenters. The molecule has 1 atom stereocenters. The largest absolute Gasteiger partial charge is 0.480 e. The molecule has 0 amide bonds. The average molecular weight is 321 g/mol. The van der Waals surface area contributed by atoms with Crippen LogP contribution in [0.15, 0.2) is 24.3 Å². The number of carboxylic acid groups (broad SMARTS) is 1. The first-order valence-electron chi connectivity index (χ1n) is 7.93. The Morgan fingerprint density at radius 2 is 2.13 bits per heavy atom. The number of anilines is 1. The van der Waals surface area contributed by atoms with E-state index in [0.29, 0.717) is 13.2 Å². The molecule has 2 rings (SSSR count). The molecule has 1 aliphatic rings. The number of benzene rings is 1. The van der Waals surface area contributed by atoms with Gasteiger partial charge in [0.1, 0.15) is 6.04 Å². The molecule has 0 spiro atoms. The first kappa shape index (κ1) is 17.8. The Hall–Kier alpha value is -1.59. The van der Waals surface area contributed by atoms with E-state index in [2.05, 4.69) is 12.2 Å². The average Bonchev–Trinajstić information content (AvgIpc) is 2.42. The smallest absolute Gasteiger partial charge is 0.326 e. The monoisotopic (exact) mass is 321 g/mol. The number of ether oxygens (including phenoxy) is 2. The Balaban J connectivity index is 1.94. The zero-order valence-corrected chi connectivity index (χ0v) is 14.4. The van der Waals surface area contributed by atoms with Crippen LogP contribution in [0.25, 0.3) is 0 Å². The van der Waals surface area contributed by atoms with Crippen molar-refractivity contribution in [1.29, 1.82) is 0 Å². The molecule has 5 heteroatoms. The van der Waals surface area contributed by atoms with Crippen LogP contribution in [-0.2, 0) is 20.9 Å². The summed E-state index contributed by atoms with van der Waals surface area (Å²) in [5, 5.41) is 12.5. The Morgan fingerprint density at radius 1 is 1.43 bits per heavy atom. The minimum Gasteiger partial charge on any atom is -0.480 e. The lowest BCUT2D eigenvalue weighted by atomic mass is 9.86. The highest BCUT2D eigenvalue weighted by molar-refractivity contribution is 5.78. The molecule has 23 heavy (non-hydrogen) atoms. The molecule has 1 fully saturated rings. The maximum atomic E-state index is 11.5. The minimum atomic E-state index is -0.850. The third-order valence-electron chi connectivity index (χ3n) is 3.97. The second-order valence-corrected chi connectivity index (χ2v) is 7.78. The van der Waals surface area contributed by atoms with E-state index in [1.807, 2.05) is 45.0 Å². The van der Waals surface area contributed by atoms with Crippen molar-refractivity contribution < 1.29 is 19.4 Å². The van der Waals surface area contributed by atoms with E-state index in [-0.39, 0.29) is 10.8 Å². The standard InChI is InChI=1S/C18H27NO4/c1-17(2,3)15(16(20)21)19-14-7-5-6-13(8-14)9-22-10-18(4)11-23-12-18/h5-8,15,19H,9-12H2,1-4H3,(H,20,21). The first-order valence-corrected chi connectivity index (χ1v) is 7.93. The van der Waals surface area contributed by atoms with Gasteiger partial charge in [0.05, 0.1) is 26.4 Å². The number of carboxylic acids is 1. The van der Waals surface area contributed by atoms with Crippen LogP contribution in [0.5, 0.6) is 0 Å². The Labute approximate surface area is 138 Å². The molecule has 0 aliphatic carbocycles. The number of hydrogen-bond acceptors (Lipinski definition) is 4. The molecule has 0 radical (unpaired) electrons. The minimum absolute atomic E-state index is 0.135. The van der Waals surface area contributed by atoms with E-state index >= 15 is 0 Å². The van der Waals surface area contributed by atoms with Crippen LogP contribution < -0.4 is 5.32 Å². The van der Waals surface area contributed by atoms with Gasteiger partial charge in [0, 0.05) is 11.1 Å². The van der Waals surface area contributed by atoms with E-state index in [1.165, 1.54) is 0 Å². The summed E-state index contributed by atoms with van der Waals surface area (Å²) in [6.07, 6.45) is 0. The normalized spacial score (nSPS) is 18.1. The predicted octanol–water partition coefficient (Wildman–Crippen LogP) is 3.15. The van der Waals surface area contributed by atoms with Gasteiger partial charge in [-0.1, -0.05) is 39.8 Å². The van der Waals surface area contributed by atoms with E-state index in [0.717, 1.165) is 24.5 Å². The number of nitrogens with one attached hydrogen (secondary N) is 1. The Bertz CT molecular complexity index is 546. The van der Waals surface area contributed by atoms with Crippen LogP contribution >= 0.6 is 0 Å². The van der Waals surface area contributed by atoms with Crippen molar-refractivity contribution in [2.24, 2.45) is 10.8 Å². The maximum absolute atomic E-state index is 11.5. The second-order valence-electron chi connectivity index (χ2n) is 7.78. The van der Waals surface area contributed by atoms with Gasteiger partial charge in [-0.15, -0.1) is 0 Å². The summed E-state index contributed by atoms with van der Waals surface area (Å²) >= 11 is 0. The zero-order valence-electron chi connectivity index (χ0n) is 14.4. The number of rotatable bonds is 7. The summed E-state index contributed by atoms with van der Waals surface area (Å²) in [6, 6.07) is 7.08. The van der Waals surface area contributed by atoms with Crippen molar-refractivity contribution in [3.05, 3.63) is 29.8 Å². The van der Waals surface area contributed by atoms with E-state index < -0.39 is 12.0 Å². The van der Waals surface area contributed by atoms with Gasteiger partial charge >= 0.3 is 5.97 Å². The summed E-state index contributed by atoms with van der Waals surface area (Å²) < 4.78 is 11.0. The van der Waals surface area contributed by atoms with Crippen LogP contribution in [-0.4, -0.2) is 36.9 Å². The molecule has 128 valence electrons. The van der Waals surface area contributed by atoms with Gasteiger partial charge < -0.3 is 19.9 Å². The third-order valence-corrected chi connectivity index (χ3v) is 3.97. The van der Waals surface area contributed by atoms with Crippen molar-refractivity contribution in [2.45, 2.75) is 40.3 Å². The molecular weight excluding hydrogens is 294 g/mol. The quantitative estimate of drug-likeness (QED) is 0.807. The van der Waals surface area contributed by atoms with Crippen LogP contribution in [0.2, 0.25) is 0 Å². The van der Waals surface area contributed by atoms with Crippen molar-refractivity contribution >= 4 is 11.7 Å². The predicted molar refractivity (Wildman–Crippen MR) is 89.5 cm³/mol. The molecule has 1 aromatic carbocycles. The fourth-order valence-corrected chi connectivity index (χ4v) is 2.52. The topological polar surface area (TPSA) is 67.8 Å². The van der Waals surface area contributed by atoms with Gasteiger partial charge in [-0.3, -0.25) is 0 Å². The van der Waals surface area contributed by atoms with Gasteiger partial charge in [0.25, 0.3) is 0 Å². The fourth-order valence-electron chi connectivity index (χ4n) is 2.52. The Kier molecular flexibility index (Phi) is 5.32. The van der Waals surface area contributed by atoms with Crippen molar-refractivity contribution in [3.63, 3.8) is 0 Å². The summed E-state index contributed by atoms with van der Waals surface area (Å²) in [4.78, 5) is 11.5. The lowest BCUT2D eigenvalue weighted by molar-refractivity contribution is -0.140. The molecule has 5 nitrogen and oxygen atoms in total. The summed E-state index contributed by atoms with van der Waals surface area (Å²) in [5.74, 6) is -0.850. The highest BCUT2D eigenvalue weighted by atomic mass is 16.5. The molecule has 0 aromatic heterocycles. The van der Waals surface area contributed by atoms with Crippen LogP contribution in [0.3, 0.4) is 0 Å². The third kappa shape index (κ3) is 4.94. The highest BCUT2D eigenvalue weighted by Crippen LogP contribution is 2.27. The number of aliphatic carboxylic acids is 1. The molecule has 1 saturated heterocycles. The van der Waals surface area contributed by atoms with Crippen molar-refractivity contribution in [2.75, 3.05) is 25.1 Å². The molecule has 0 bridgehead atoms. The van der Waals surface area contributed by atoms with Crippen molar-refractivity contribution in [3.8, 4) is 0 Å². The van der Waals surface area contributed by atoms with Gasteiger partial charge in [-0.2, -0.15) is 0 Å². The van der Waals surface area contributed by atoms with Gasteiger partial charge in [-0.05, 0) is 23.1 Å². The maximum Gasteiger partial charge on any atom is 0.326 e. The summed E-state index contributed by atoms with van der Waals surface area (Å²) in [6.45, 7) is 10.6. The molecule has 1 heterocycles. The molecule has 1 aromatic rings. The molecule has 2 N–H and O–H groups in total. The van der Waals surface area contributed by atoms with Gasteiger partial charge in [-0.25, -0.2) is 4.79 Å². The lowest BCUT2D eigenvalue weighted by Crippen LogP contribution is -2.43.